The second-order valence-electron chi connectivity index (χ2n) is 5.20. The maximum Gasteiger partial charge on any atom is 0.156 e. The fourth-order valence-electron chi connectivity index (χ4n) is 1.20. The third-order valence-corrected chi connectivity index (χ3v) is 5.93. The number of nitrogens with one attached hydrogen (secondary N) is 1. The molecule has 0 saturated heterocycles. The number of sulfone groups is 1. The van der Waals surface area contributed by atoms with E-state index in [1.165, 1.54) is 0 Å². The summed E-state index contributed by atoms with van der Waals surface area (Å²) in [6, 6.07) is 0. The van der Waals surface area contributed by atoms with Crippen LogP contribution in [0.15, 0.2) is 0 Å². The second kappa shape index (κ2) is 6.87. The standard InChI is InChI=1S/C11H25NO2S2/c1-10(9-15-5)8-12-6-7-16(13,14)11(2,3)4/h10,12H,6-9H2,1-5H3. The Bertz CT molecular complexity index is 281. The molecule has 0 spiro atoms. The first kappa shape index (κ1) is 16.3. The van der Waals surface area contributed by atoms with Crippen LogP contribution in [-0.4, -0.2) is 44.0 Å². The van der Waals surface area contributed by atoms with Gasteiger partial charge in [0.15, 0.2) is 9.84 Å². The molecule has 0 aromatic heterocycles. The second-order valence-corrected chi connectivity index (χ2v) is 8.97. The first-order chi connectivity index (χ1) is 7.20. The highest BCUT2D eigenvalue weighted by Gasteiger charge is 2.27. The normalized spacial score (nSPS) is 15.1. The summed E-state index contributed by atoms with van der Waals surface area (Å²) in [6.45, 7) is 8.86. The molecular formula is C11H25NO2S2. The molecule has 0 rings (SSSR count). The van der Waals surface area contributed by atoms with Gasteiger partial charge in [-0.15, -0.1) is 0 Å². The minimum atomic E-state index is -2.98. The molecular weight excluding hydrogens is 242 g/mol. The van der Waals surface area contributed by atoms with E-state index >= 15 is 0 Å². The molecule has 0 aliphatic heterocycles. The van der Waals surface area contributed by atoms with Gasteiger partial charge in [0, 0.05) is 6.54 Å². The highest BCUT2D eigenvalue weighted by atomic mass is 32.2. The summed E-state index contributed by atoms with van der Waals surface area (Å²) in [5.41, 5.74) is 0. The Morgan fingerprint density at radius 3 is 2.31 bits per heavy atom. The van der Waals surface area contributed by atoms with E-state index in [1.807, 2.05) is 11.8 Å². The van der Waals surface area contributed by atoms with Gasteiger partial charge in [-0.05, 0) is 45.2 Å². The smallest absolute Gasteiger partial charge is 0.156 e. The molecule has 5 heteroatoms. The molecule has 98 valence electrons. The topological polar surface area (TPSA) is 46.2 Å². The Morgan fingerprint density at radius 2 is 1.88 bits per heavy atom. The van der Waals surface area contributed by atoms with Crippen molar-refractivity contribution in [3.05, 3.63) is 0 Å². The minimum Gasteiger partial charge on any atom is -0.315 e. The van der Waals surface area contributed by atoms with Crippen molar-refractivity contribution in [3.8, 4) is 0 Å². The molecule has 0 saturated carbocycles. The van der Waals surface area contributed by atoms with Gasteiger partial charge in [0.2, 0.25) is 0 Å². The zero-order chi connectivity index (χ0) is 12.8. The molecule has 0 aromatic rings. The molecule has 0 fully saturated rings. The van der Waals surface area contributed by atoms with E-state index in [1.54, 1.807) is 20.8 Å². The molecule has 0 amide bonds. The Morgan fingerprint density at radius 1 is 1.31 bits per heavy atom. The summed E-state index contributed by atoms with van der Waals surface area (Å²) in [5.74, 6) is 1.92. The van der Waals surface area contributed by atoms with Gasteiger partial charge in [0.25, 0.3) is 0 Å². The van der Waals surface area contributed by atoms with Gasteiger partial charge in [0.05, 0.1) is 10.5 Å². The molecule has 0 bridgehead atoms. The van der Waals surface area contributed by atoms with Crippen molar-refractivity contribution in [1.82, 2.24) is 5.32 Å². The number of hydrogen-bond acceptors (Lipinski definition) is 4. The summed E-state index contributed by atoms with van der Waals surface area (Å²) in [5, 5.41) is 3.21. The van der Waals surface area contributed by atoms with Crippen molar-refractivity contribution in [1.29, 1.82) is 0 Å². The van der Waals surface area contributed by atoms with Crippen LogP contribution in [0.3, 0.4) is 0 Å². The zero-order valence-electron chi connectivity index (χ0n) is 11.0. The average Bonchev–Trinajstić information content (AvgIpc) is 2.11. The van der Waals surface area contributed by atoms with Gasteiger partial charge >= 0.3 is 0 Å². The van der Waals surface area contributed by atoms with E-state index in [4.69, 9.17) is 0 Å². The lowest BCUT2D eigenvalue weighted by Gasteiger charge is -2.19. The zero-order valence-corrected chi connectivity index (χ0v) is 12.7. The highest BCUT2D eigenvalue weighted by molar-refractivity contribution is 7.98. The van der Waals surface area contributed by atoms with E-state index < -0.39 is 14.6 Å². The van der Waals surface area contributed by atoms with Crippen LogP contribution in [0.25, 0.3) is 0 Å². The van der Waals surface area contributed by atoms with E-state index in [-0.39, 0.29) is 5.75 Å². The van der Waals surface area contributed by atoms with Crippen molar-refractivity contribution >= 4 is 21.6 Å². The summed E-state index contributed by atoms with van der Waals surface area (Å²) in [7, 11) is -2.98. The fraction of sp³-hybridized carbons (Fsp3) is 1.00. The van der Waals surface area contributed by atoms with Gasteiger partial charge in [0.1, 0.15) is 0 Å². The third-order valence-electron chi connectivity index (χ3n) is 2.42. The fourth-order valence-corrected chi connectivity index (χ4v) is 2.92. The van der Waals surface area contributed by atoms with Gasteiger partial charge in [-0.3, -0.25) is 0 Å². The number of hydrogen-bond donors (Lipinski definition) is 1. The van der Waals surface area contributed by atoms with Crippen molar-refractivity contribution in [3.63, 3.8) is 0 Å². The van der Waals surface area contributed by atoms with Crippen molar-refractivity contribution in [2.45, 2.75) is 32.4 Å². The highest BCUT2D eigenvalue weighted by Crippen LogP contribution is 2.15. The van der Waals surface area contributed by atoms with Crippen molar-refractivity contribution in [2.24, 2.45) is 5.92 Å². The summed E-state index contributed by atoms with van der Waals surface area (Å²) in [4.78, 5) is 0. The molecule has 0 radical (unpaired) electrons. The Labute approximate surface area is 105 Å². The van der Waals surface area contributed by atoms with Gasteiger partial charge in [-0.2, -0.15) is 11.8 Å². The van der Waals surface area contributed by atoms with E-state index in [9.17, 15) is 8.42 Å². The first-order valence-electron chi connectivity index (χ1n) is 5.62. The molecule has 1 N–H and O–H groups in total. The minimum absolute atomic E-state index is 0.225. The van der Waals surface area contributed by atoms with Crippen molar-refractivity contribution < 1.29 is 8.42 Å². The molecule has 0 aliphatic carbocycles. The molecule has 1 unspecified atom stereocenters. The Hall–Kier alpha value is 0.260. The van der Waals surface area contributed by atoms with Crippen molar-refractivity contribution in [2.75, 3.05) is 30.9 Å². The van der Waals surface area contributed by atoms with Gasteiger partial charge < -0.3 is 5.32 Å². The summed E-state index contributed by atoms with van der Waals surface area (Å²) in [6.07, 6.45) is 2.08. The monoisotopic (exact) mass is 267 g/mol. The third kappa shape index (κ3) is 6.11. The van der Waals surface area contributed by atoms with Crippen LogP contribution in [0.2, 0.25) is 0 Å². The lowest BCUT2D eigenvalue weighted by atomic mass is 10.2. The quantitative estimate of drug-likeness (QED) is 0.714. The van der Waals surface area contributed by atoms with Gasteiger partial charge in [-0.1, -0.05) is 6.92 Å². The molecule has 0 heterocycles. The maximum absolute atomic E-state index is 11.8. The van der Waals surface area contributed by atoms with Gasteiger partial charge in [-0.25, -0.2) is 8.42 Å². The van der Waals surface area contributed by atoms with Crippen LogP contribution in [0, 0.1) is 5.92 Å². The van der Waals surface area contributed by atoms with Crippen LogP contribution >= 0.6 is 11.8 Å². The predicted octanol–water partition coefficient (Wildman–Crippen LogP) is 1.79. The summed E-state index contributed by atoms with van der Waals surface area (Å²) >= 11 is 1.82. The van der Waals surface area contributed by atoms with Crippen LogP contribution in [-0.2, 0) is 9.84 Å². The molecule has 16 heavy (non-hydrogen) atoms. The number of rotatable bonds is 7. The van der Waals surface area contributed by atoms with E-state index in [2.05, 4.69) is 18.5 Å². The Balaban J connectivity index is 3.84. The lowest BCUT2D eigenvalue weighted by molar-refractivity contribution is 0.544. The van der Waals surface area contributed by atoms with Crippen LogP contribution < -0.4 is 5.32 Å². The number of thioether (sulfide) groups is 1. The lowest BCUT2D eigenvalue weighted by Crippen LogP contribution is -2.35. The molecule has 1 atom stereocenters. The first-order valence-corrected chi connectivity index (χ1v) is 8.67. The van der Waals surface area contributed by atoms with Crippen LogP contribution in [0.5, 0.6) is 0 Å². The molecule has 0 aliphatic rings. The van der Waals surface area contributed by atoms with Crippen LogP contribution in [0.4, 0.5) is 0 Å². The summed E-state index contributed by atoms with van der Waals surface area (Å²) < 4.78 is 22.9. The van der Waals surface area contributed by atoms with Crippen LogP contribution in [0.1, 0.15) is 27.7 Å². The molecule has 3 nitrogen and oxygen atoms in total. The Kier molecular flexibility index (Phi) is 6.98. The van der Waals surface area contributed by atoms with E-state index in [0.29, 0.717) is 12.5 Å². The molecule has 0 aromatic carbocycles. The largest absolute Gasteiger partial charge is 0.315 e. The SMILES string of the molecule is CSCC(C)CNCCS(=O)(=O)C(C)(C)C. The average molecular weight is 267 g/mol. The van der Waals surface area contributed by atoms with E-state index in [0.717, 1.165) is 12.3 Å². The predicted molar refractivity (Wildman–Crippen MR) is 74.0 cm³/mol. The maximum atomic E-state index is 11.8.